The van der Waals surface area contributed by atoms with Crippen LogP contribution in [0.5, 0.6) is 5.75 Å². The van der Waals surface area contributed by atoms with Crippen LogP contribution >= 0.6 is 28.1 Å². The first-order valence-electron chi connectivity index (χ1n) is 7.86. The van der Waals surface area contributed by atoms with E-state index in [4.69, 9.17) is 17.0 Å². The Hall–Kier alpha value is -1.59. The number of aryl methyl sites for hydroxylation is 3. The molecule has 0 unspecified atom stereocenters. The Balaban J connectivity index is 1.92. The predicted molar refractivity (Wildman–Crippen MR) is 109 cm³/mol. The van der Waals surface area contributed by atoms with Gasteiger partial charge in [0.2, 0.25) is 0 Å². The van der Waals surface area contributed by atoms with Crippen LogP contribution in [0.1, 0.15) is 22.3 Å². The molecule has 0 heterocycles. The highest BCUT2D eigenvalue weighted by Crippen LogP contribution is 2.23. The molecule has 24 heavy (non-hydrogen) atoms. The molecular formula is C19H23BrN2OS. The fourth-order valence-electron chi connectivity index (χ4n) is 2.51. The molecule has 0 aromatic heterocycles. The number of halogens is 1. The number of methoxy groups -OCH3 is 1. The number of hydrogen-bond acceptors (Lipinski definition) is 2. The van der Waals surface area contributed by atoms with Crippen LogP contribution in [-0.4, -0.2) is 18.8 Å². The van der Waals surface area contributed by atoms with Gasteiger partial charge in [-0.05, 0) is 85.9 Å². The molecule has 0 aliphatic rings. The second-order valence-electron chi connectivity index (χ2n) is 5.84. The number of rotatable bonds is 5. The normalized spacial score (nSPS) is 10.4. The predicted octanol–water partition coefficient (Wildman–Crippen LogP) is 4.91. The first-order valence-corrected chi connectivity index (χ1v) is 9.06. The highest BCUT2D eigenvalue weighted by molar-refractivity contribution is 9.10. The Bertz CT molecular complexity index is 746. The summed E-state index contributed by atoms with van der Waals surface area (Å²) in [7, 11) is 1.69. The highest BCUT2D eigenvalue weighted by atomic mass is 79.9. The molecule has 0 amide bonds. The second-order valence-corrected chi connectivity index (χ2v) is 7.16. The van der Waals surface area contributed by atoms with Crippen molar-refractivity contribution in [3.05, 3.63) is 57.1 Å². The molecule has 2 aromatic carbocycles. The molecule has 0 spiro atoms. The summed E-state index contributed by atoms with van der Waals surface area (Å²) in [5.41, 5.74) is 5.93. The Morgan fingerprint density at radius 1 is 1.08 bits per heavy atom. The molecule has 0 atom stereocenters. The van der Waals surface area contributed by atoms with E-state index in [-0.39, 0.29) is 0 Å². The molecule has 0 bridgehead atoms. The third kappa shape index (κ3) is 4.95. The summed E-state index contributed by atoms with van der Waals surface area (Å²) in [6.45, 7) is 7.05. The first kappa shape index (κ1) is 18.7. The van der Waals surface area contributed by atoms with Crippen LogP contribution in [0, 0.1) is 20.8 Å². The van der Waals surface area contributed by atoms with E-state index in [2.05, 4.69) is 65.5 Å². The van der Waals surface area contributed by atoms with Crippen molar-refractivity contribution >= 4 is 38.9 Å². The van der Waals surface area contributed by atoms with Crippen LogP contribution in [-0.2, 0) is 6.42 Å². The summed E-state index contributed by atoms with van der Waals surface area (Å²) < 4.78 is 6.44. The molecule has 128 valence electrons. The molecule has 0 aliphatic carbocycles. The van der Waals surface area contributed by atoms with Gasteiger partial charge in [0.15, 0.2) is 5.11 Å². The lowest BCUT2D eigenvalue weighted by molar-refractivity contribution is 0.409. The van der Waals surface area contributed by atoms with Crippen molar-refractivity contribution in [2.75, 3.05) is 19.0 Å². The summed E-state index contributed by atoms with van der Waals surface area (Å²) in [6, 6.07) is 10.3. The van der Waals surface area contributed by atoms with Gasteiger partial charge in [0, 0.05) is 16.7 Å². The number of nitrogens with one attached hydrogen (secondary N) is 2. The Morgan fingerprint density at radius 3 is 2.50 bits per heavy atom. The van der Waals surface area contributed by atoms with E-state index in [1.54, 1.807) is 7.11 Å². The fraction of sp³-hybridized carbons (Fsp3) is 0.316. The van der Waals surface area contributed by atoms with E-state index >= 15 is 0 Å². The van der Waals surface area contributed by atoms with Gasteiger partial charge in [-0.3, -0.25) is 0 Å². The molecule has 2 aromatic rings. The lowest BCUT2D eigenvalue weighted by Crippen LogP contribution is -2.30. The molecule has 0 saturated heterocycles. The minimum absolute atomic E-state index is 0.635. The van der Waals surface area contributed by atoms with Gasteiger partial charge in [0.05, 0.1) is 7.11 Å². The third-order valence-electron chi connectivity index (χ3n) is 4.01. The molecular weight excluding hydrogens is 384 g/mol. The van der Waals surface area contributed by atoms with Crippen LogP contribution in [0.4, 0.5) is 5.69 Å². The summed E-state index contributed by atoms with van der Waals surface area (Å²) in [5, 5.41) is 7.18. The number of anilines is 1. The standard InChI is InChI=1S/C19H23BrN2OS/c1-12-9-14(3)17(10-13(12)2)22-19(24)21-8-7-15-11-16(20)5-6-18(15)23-4/h5-6,9-11H,7-8H2,1-4H3,(H2,21,22,24). The average Bonchev–Trinajstić information content (AvgIpc) is 2.53. The van der Waals surface area contributed by atoms with Gasteiger partial charge < -0.3 is 15.4 Å². The number of benzene rings is 2. The number of hydrogen-bond donors (Lipinski definition) is 2. The van der Waals surface area contributed by atoms with Crippen molar-refractivity contribution in [2.24, 2.45) is 0 Å². The van der Waals surface area contributed by atoms with Gasteiger partial charge in [-0.25, -0.2) is 0 Å². The first-order chi connectivity index (χ1) is 11.4. The monoisotopic (exact) mass is 406 g/mol. The maximum atomic E-state index is 5.41. The number of thiocarbonyl (C=S) groups is 1. The Labute approximate surface area is 157 Å². The lowest BCUT2D eigenvalue weighted by atomic mass is 10.1. The molecule has 2 rings (SSSR count). The zero-order valence-electron chi connectivity index (χ0n) is 14.5. The van der Waals surface area contributed by atoms with E-state index in [9.17, 15) is 0 Å². The zero-order valence-corrected chi connectivity index (χ0v) is 16.9. The molecule has 0 radical (unpaired) electrons. The smallest absolute Gasteiger partial charge is 0.170 e. The van der Waals surface area contributed by atoms with E-state index in [0.29, 0.717) is 5.11 Å². The van der Waals surface area contributed by atoms with Crippen molar-refractivity contribution in [3.8, 4) is 5.75 Å². The lowest BCUT2D eigenvalue weighted by Gasteiger charge is -2.15. The van der Waals surface area contributed by atoms with Crippen molar-refractivity contribution in [1.82, 2.24) is 5.32 Å². The molecule has 3 nitrogen and oxygen atoms in total. The topological polar surface area (TPSA) is 33.3 Å². The van der Waals surface area contributed by atoms with Crippen molar-refractivity contribution < 1.29 is 4.74 Å². The van der Waals surface area contributed by atoms with Gasteiger partial charge in [0.1, 0.15) is 5.75 Å². The van der Waals surface area contributed by atoms with Crippen LogP contribution in [0.2, 0.25) is 0 Å². The van der Waals surface area contributed by atoms with Crippen molar-refractivity contribution in [1.29, 1.82) is 0 Å². The fourth-order valence-corrected chi connectivity index (χ4v) is 3.14. The quantitative estimate of drug-likeness (QED) is 0.690. The Morgan fingerprint density at radius 2 is 1.79 bits per heavy atom. The maximum Gasteiger partial charge on any atom is 0.170 e. The third-order valence-corrected chi connectivity index (χ3v) is 4.75. The zero-order chi connectivity index (χ0) is 17.7. The average molecular weight is 407 g/mol. The van der Waals surface area contributed by atoms with Crippen LogP contribution in [0.3, 0.4) is 0 Å². The van der Waals surface area contributed by atoms with E-state index in [1.807, 2.05) is 12.1 Å². The highest BCUT2D eigenvalue weighted by Gasteiger charge is 2.06. The van der Waals surface area contributed by atoms with Crippen molar-refractivity contribution in [3.63, 3.8) is 0 Å². The summed E-state index contributed by atoms with van der Waals surface area (Å²) in [6.07, 6.45) is 0.830. The molecule has 2 N–H and O–H groups in total. The largest absolute Gasteiger partial charge is 0.496 e. The van der Waals surface area contributed by atoms with Crippen LogP contribution in [0.15, 0.2) is 34.8 Å². The van der Waals surface area contributed by atoms with E-state index in [1.165, 1.54) is 16.7 Å². The molecule has 0 saturated carbocycles. The van der Waals surface area contributed by atoms with Gasteiger partial charge in [0.25, 0.3) is 0 Å². The summed E-state index contributed by atoms with van der Waals surface area (Å²) in [5.74, 6) is 0.892. The van der Waals surface area contributed by atoms with Crippen LogP contribution < -0.4 is 15.4 Å². The van der Waals surface area contributed by atoms with Gasteiger partial charge in [-0.1, -0.05) is 22.0 Å². The van der Waals surface area contributed by atoms with E-state index in [0.717, 1.165) is 34.4 Å². The maximum absolute atomic E-state index is 5.41. The van der Waals surface area contributed by atoms with Gasteiger partial charge >= 0.3 is 0 Å². The van der Waals surface area contributed by atoms with E-state index < -0.39 is 0 Å². The van der Waals surface area contributed by atoms with Gasteiger partial charge in [-0.2, -0.15) is 0 Å². The molecule has 0 fully saturated rings. The molecule has 0 aliphatic heterocycles. The SMILES string of the molecule is COc1ccc(Br)cc1CCNC(=S)Nc1cc(C)c(C)cc1C. The minimum Gasteiger partial charge on any atom is -0.496 e. The van der Waals surface area contributed by atoms with Crippen molar-refractivity contribution in [2.45, 2.75) is 27.2 Å². The number of ether oxygens (including phenoxy) is 1. The van der Waals surface area contributed by atoms with Gasteiger partial charge in [-0.15, -0.1) is 0 Å². The summed E-state index contributed by atoms with van der Waals surface area (Å²) >= 11 is 8.91. The Kier molecular flexibility index (Phi) is 6.63. The summed E-state index contributed by atoms with van der Waals surface area (Å²) in [4.78, 5) is 0. The second kappa shape index (κ2) is 8.49. The minimum atomic E-state index is 0.635. The van der Waals surface area contributed by atoms with Crippen LogP contribution in [0.25, 0.3) is 0 Å². The molecule has 5 heteroatoms.